The number of rotatable bonds is 7. The van der Waals surface area contributed by atoms with Gasteiger partial charge in [0.15, 0.2) is 6.40 Å². The number of hydrazone groups is 1. The molecule has 1 aliphatic heterocycles. The fourth-order valence-corrected chi connectivity index (χ4v) is 2.43. The number of pyridine rings is 1. The maximum absolute atomic E-state index is 9.50. The third-order valence-electron chi connectivity index (χ3n) is 3.57. The smallest absolute Gasteiger partial charge is 0.206 e. The summed E-state index contributed by atoms with van der Waals surface area (Å²) >= 11 is 0. The molecule has 2 N–H and O–H groups in total. The lowest BCUT2D eigenvalue weighted by Crippen LogP contribution is -2.19. The summed E-state index contributed by atoms with van der Waals surface area (Å²) in [5, 5.41) is 7.07. The zero-order valence-electron chi connectivity index (χ0n) is 17.7. The predicted octanol–water partition coefficient (Wildman–Crippen LogP) is 4.98. The minimum Gasteiger partial charge on any atom is -0.454 e. The molecule has 0 aromatic carbocycles. The first kappa shape index (κ1) is 25.1. The van der Waals surface area contributed by atoms with Gasteiger partial charge in [-0.25, -0.2) is 0 Å². The molecule has 0 fully saturated rings. The summed E-state index contributed by atoms with van der Waals surface area (Å²) in [7, 11) is 2.40. The van der Waals surface area contributed by atoms with Crippen LogP contribution in [-0.4, -0.2) is 31.8 Å². The van der Waals surface area contributed by atoms with Gasteiger partial charge < -0.3 is 10.1 Å². The Hall–Kier alpha value is -2.89. The van der Waals surface area contributed by atoms with Gasteiger partial charge in [-0.05, 0) is 48.3 Å². The second-order valence-corrected chi connectivity index (χ2v) is 5.15. The van der Waals surface area contributed by atoms with Crippen LogP contribution in [0.25, 0.3) is 5.57 Å². The number of halogens is 1. The molecule has 1 aromatic rings. The summed E-state index contributed by atoms with van der Waals surface area (Å²) < 4.78 is 15.0. The predicted molar refractivity (Wildman–Crippen MR) is 117 cm³/mol. The molecule has 0 radical (unpaired) electrons. The summed E-state index contributed by atoms with van der Waals surface area (Å²) in [5.41, 5.74) is 7.41. The SMILES string of the molecule is CC.CF.C\C=C/C=C(CC)/C(=C\C1NN=CO1)C(=C\NC)/c1ccncc1. The Morgan fingerprint density at radius 3 is 2.46 bits per heavy atom. The van der Waals surface area contributed by atoms with Crippen molar-refractivity contribution in [1.82, 2.24) is 15.7 Å². The molecule has 0 spiro atoms. The molecule has 2 rings (SSSR count). The van der Waals surface area contributed by atoms with E-state index in [1.165, 1.54) is 12.0 Å². The number of aromatic nitrogens is 1. The lowest BCUT2D eigenvalue weighted by atomic mass is 9.91. The number of alkyl halides is 1. The van der Waals surface area contributed by atoms with Crippen molar-refractivity contribution < 1.29 is 9.13 Å². The molecule has 1 unspecified atom stereocenters. The third kappa shape index (κ3) is 8.20. The normalized spacial score (nSPS) is 16.4. The zero-order chi connectivity index (χ0) is 21.2. The van der Waals surface area contributed by atoms with Crippen LogP contribution in [0.15, 0.2) is 71.3 Å². The molecule has 28 heavy (non-hydrogen) atoms. The van der Waals surface area contributed by atoms with E-state index < -0.39 is 0 Å². The van der Waals surface area contributed by atoms with Crippen molar-refractivity contribution in [3.8, 4) is 0 Å². The Labute approximate surface area is 168 Å². The zero-order valence-corrected chi connectivity index (χ0v) is 17.7. The first-order chi connectivity index (χ1) is 13.8. The van der Waals surface area contributed by atoms with Gasteiger partial charge in [0, 0.05) is 31.2 Å². The second kappa shape index (κ2) is 16.3. The van der Waals surface area contributed by atoms with E-state index in [4.69, 9.17) is 4.74 Å². The van der Waals surface area contributed by atoms with Crippen LogP contribution in [-0.2, 0) is 4.74 Å². The van der Waals surface area contributed by atoms with E-state index in [1.807, 2.05) is 52.2 Å². The summed E-state index contributed by atoms with van der Waals surface area (Å²) in [5.74, 6) is 0. The lowest BCUT2D eigenvalue weighted by molar-refractivity contribution is 0.246. The first-order valence-corrected chi connectivity index (χ1v) is 9.42. The average Bonchev–Trinajstić information content (AvgIpc) is 3.28. The third-order valence-corrected chi connectivity index (χ3v) is 3.57. The van der Waals surface area contributed by atoms with Crippen molar-refractivity contribution in [1.29, 1.82) is 0 Å². The molecule has 154 valence electrons. The summed E-state index contributed by atoms with van der Waals surface area (Å²) in [6, 6.07) is 4.00. The molecule has 0 aliphatic carbocycles. The minimum absolute atomic E-state index is 0.275. The summed E-state index contributed by atoms with van der Waals surface area (Å²) in [6.45, 7) is 8.15. The van der Waals surface area contributed by atoms with Crippen molar-refractivity contribution in [2.45, 2.75) is 40.3 Å². The Bertz CT molecular complexity index is 671. The van der Waals surface area contributed by atoms with Crippen molar-refractivity contribution in [2.75, 3.05) is 14.2 Å². The van der Waals surface area contributed by atoms with Crippen LogP contribution in [0, 0.1) is 0 Å². The van der Waals surface area contributed by atoms with E-state index in [9.17, 15) is 4.39 Å². The average molecular weight is 389 g/mol. The Morgan fingerprint density at radius 1 is 1.29 bits per heavy atom. The van der Waals surface area contributed by atoms with E-state index in [2.05, 4.69) is 46.0 Å². The lowest BCUT2D eigenvalue weighted by Gasteiger charge is -2.17. The van der Waals surface area contributed by atoms with Crippen LogP contribution in [0.2, 0.25) is 0 Å². The Balaban J connectivity index is 0.00000171. The fraction of sp³-hybridized carbons (Fsp3) is 0.364. The van der Waals surface area contributed by atoms with Gasteiger partial charge in [0.1, 0.15) is 0 Å². The van der Waals surface area contributed by atoms with Gasteiger partial charge in [-0.3, -0.25) is 14.8 Å². The minimum atomic E-state index is -0.275. The summed E-state index contributed by atoms with van der Waals surface area (Å²) in [4.78, 5) is 4.12. The van der Waals surface area contributed by atoms with E-state index in [1.54, 1.807) is 12.4 Å². The molecule has 5 nitrogen and oxygen atoms in total. The van der Waals surface area contributed by atoms with E-state index in [0.29, 0.717) is 7.18 Å². The molecule has 0 amide bonds. The molecule has 0 bridgehead atoms. The number of ether oxygens (including phenoxy) is 1. The molecule has 0 saturated heterocycles. The van der Waals surface area contributed by atoms with Crippen molar-refractivity contribution >= 4 is 12.0 Å². The van der Waals surface area contributed by atoms with Crippen LogP contribution in [0.5, 0.6) is 0 Å². The van der Waals surface area contributed by atoms with Crippen LogP contribution in [0.4, 0.5) is 4.39 Å². The van der Waals surface area contributed by atoms with E-state index in [-0.39, 0.29) is 6.23 Å². The number of hydrogen-bond donors (Lipinski definition) is 2. The molecule has 6 heteroatoms. The largest absolute Gasteiger partial charge is 0.454 e. The first-order valence-electron chi connectivity index (χ1n) is 9.42. The fourth-order valence-electron chi connectivity index (χ4n) is 2.43. The number of nitrogens with zero attached hydrogens (tertiary/aromatic N) is 2. The van der Waals surface area contributed by atoms with Gasteiger partial charge in [-0.2, -0.15) is 0 Å². The molecule has 1 aromatic heterocycles. The highest BCUT2D eigenvalue weighted by atomic mass is 19.1. The van der Waals surface area contributed by atoms with Crippen molar-refractivity contribution in [2.24, 2.45) is 5.10 Å². The quantitative estimate of drug-likeness (QED) is 0.647. The van der Waals surface area contributed by atoms with Gasteiger partial charge in [0.05, 0.1) is 7.18 Å². The number of hydrogen-bond acceptors (Lipinski definition) is 5. The van der Waals surface area contributed by atoms with Gasteiger partial charge in [-0.15, -0.1) is 5.10 Å². The topological polar surface area (TPSA) is 58.5 Å². The molecule has 1 atom stereocenters. The maximum Gasteiger partial charge on any atom is 0.206 e. The van der Waals surface area contributed by atoms with Crippen LogP contribution in [0.1, 0.15) is 39.7 Å². The highest BCUT2D eigenvalue weighted by Crippen LogP contribution is 2.30. The van der Waals surface area contributed by atoms with Gasteiger partial charge >= 0.3 is 0 Å². The summed E-state index contributed by atoms with van der Waals surface area (Å²) in [6.07, 6.45) is 15.9. The highest BCUT2D eigenvalue weighted by Gasteiger charge is 2.16. The highest BCUT2D eigenvalue weighted by molar-refractivity contribution is 5.83. The Morgan fingerprint density at radius 2 is 1.96 bits per heavy atom. The number of nitrogens with one attached hydrogen (secondary N) is 2. The molecular formula is C22H33FN4O. The van der Waals surface area contributed by atoms with Crippen LogP contribution in [0.3, 0.4) is 0 Å². The van der Waals surface area contributed by atoms with Crippen LogP contribution >= 0.6 is 0 Å². The molecule has 2 heterocycles. The number of allylic oxidation sites excluding steroid dienone is 6. The maximum atomic E-state index is 9.50. The van der Waals surface area contributed by atoms with Gasteiger partial charge in [0.2, 0.25) is 6.23 Å². The standard InChI is InChI=1S/C19H24N4O.C2H6.CH3F/c1-4-6-7-15(5-2)17(12-19-23-22-14-24-19)18(13-20-3)16-8-10-21-11-9-16;2*1-2/h4,6-14,19-20,23H,5H2,1-3H3;1-2H3;1H3/b6-4-,15-7+,17-12+,18-13-;;. The molecule has 0 saturated carbocycles. The monoisotopic (exact) mass is 388 g/mol. The van der Waals surface area contributed by atoms with E-state index >= 15 is 0 Å². The molecular weight excluding hydrogens is 355 g/mol. The Kier molecular flexibility index (Phi) is 14.6. The van der Waals surface area contributed by atoms with E-state index in [0.717, 1.165) is 23.1 Å². The van der Waals surface area contributed by atoms with Crippen molar-refractivity contribution in [3.63, 3.8) is 0 Å². The van der Waals surface area contributed by atoms with Crippen LogP contribution < -0.4 is 10.7 Å². The van der Waals surface area contributed by atoms with Gasteiger partial charge in [0.25, 0.3) is 0 Å². The molecule has 1 aliphatic rings. The van der Waals surface area contributed by atoms with Crippen molar-refractivity contribution in [3.05, 3.63) is 71.7 Å². The second-order valence-electron chi connectivity index (χ2n) is 5.15. The van der Waals surface area contributed by atoms with Gasteiger partial charge in [-0.1, -0.05) is 39.0 Å².